The summed E-state index contributed by atoms with van der Waals surface area (Å²) in [5.74, 6) is 1.43. The molecule has 74 valence electrons. The molecule has 13 heavy (non-hydrogen) atoms. The minimum atomic E-state index is 0.521. The highest BCUT2D eigenvalue weighted by atomic mass is 35.5. The van der Waals surface area contributed by atoms with E-state index in [0.29, 0.717) is 11.1 Å². The van der Waals surface area contributed by atoms with E-state index in [2.05, 4.69) is 34.4 Å². The van der Waals surface area contributed by atoms with Crippen LogP contribution in [0, 0.1) is 5.92 Å². The molecule has 3 nitrogen and oxygen atoms in total. The van der Waals surface area contributed by atoms with E-state index in [4.69, 9.17) is 11.6 Å². The predicted octanol–water partition coefficient (Wildman–Crippen LogP) is 2.67. The molecule has 0 saturated carbocycles. The summed E-state index contributed by atoms with van der Waals surface area (Å²) in [6, 6.07) is 0. The number of anilines is 1. The van der Waals surface area contributed by atoms with E-state index in [0.717, 1.165) is 30.6 Å². The normalized spacial score (nSPS) is 10.8. The topological polar surface area (TPSA) is 29.0 Å². The van der Waals surface area contributed by atoms with Crippen molar-refractivity contribution in [3.63, 3.8) is 0 Å². The van der Waals surface area contributed by atoms with Crippen LogP contribution in [0.4, 0.5) is 5.82 Å². The van der Waals surface area contributed by atoms with Gasteiger partial charge < -0.3 is 4.90 Å². The van der Waals surface area contributed by atoms with Crippen LogP contribution in [0.15, 0.2) is 0 Å². The van der Waals surface area contributed by atoms with Gasteiger partial charge in [-0.1, -0.05) is 25.4 Å². The van der Waals surface area contributed by atoms with Crippen molar-refractivity contribution in [2.75, 3.05) is 18.0 Å². The second kappa shape index (κ2) is 4.77. The van der Waals surface area contributed by atoms with E-state index in [1.807, 2.05) is 0 Å². The maximum atomic E-state index is 5.89. The fourth-order valence-electron chi connectivity index (χ4n) is 1.17. The third-order valence-corrected chi connectivity index (χ3v) is 2.57. The molecule has 0 spiro atoms. The fourth-order valence-corrected chi connectivity index (χ4v) is 1.95. The molecule has 1 aromatic heterocycles. The van der Waals surface area contributed by atoms with Gasteiger partial charge in [0.25, 0.3) is 0 Å². The quantitative estimate of drug-likeness (QED) is 0.780. The molecule has 0 unspecified atom stereocenters. The van der Waals surface area contributed by atoms with Crippen LogP contribution in [0.1, 0.15) is 20.8 Å². The van der Waals surface area contributed by atoms with Crippen molar-refractivity contribution >= 4 is 29.1 Å². The van der Waals surface area contributed by atoms with E-state index in [-0.39, 0.29) is 0 Å². The highest BCUT2D eigenvalue weighted by molar-refractivity contribution is 6.99. The van der Waals surface area contributed by atoms with Crippen molar-refractivity contribution in [1.29, 1.82) is 0 Å². The number of hydrogen-bond acceptors (Lipinski definition) is 4. The molecular weight excluding hydrogens is 206 g/mol. The lowest BCUT2D eigenvalue weighted by atomic mass is 10.2. The predicted molar refractivity (Wildman–Crippen MR) is 57.6 cm³/mol. The van der Waals surface area contributed by atoms with Crippen LogP contribution in [0.5, 0.6) is 0 Å². The van der Waals surface area contributed by atoms with Gasteiger partial charge in [0.1, 0.15) is 0 Å². The first kappa shape index (κ1) is 10.7. The van der Waals surface area contributed by atoms with Gasteiger partial charge in [0.05, 0.1) is 11.7 Å². The third kappa shape index (κ3) is 2.81. The van der Waals surface area contributed by atoms with E-state index < -0.39 is 0 Å². The molecule has 0 radical (unpaired) electrons. The minimum absolute atomic E-state index is 0.521. The smallest absolute Gasteiger partial charge is 0.187 e. The molecule has 0 aromatic carbocycles. The molecule has 0 amide bonds. The minimum Gasteiger partial charge on any atom is -0.353 e. The molecule has 5 heteroatoms. The monoisotopic (exact) mass is 219 g/mol. The number of halogens is 1. The lowest BCUT2D eigenvalue weighted by Gasteiger charge is -2.22. The molecule has 0 aliphatic heterocycles. The van der Waals surface area contributed by atoms with E-state index in [9.17, 15) is 0 Å². The Morgan fingerprint density at radius 3 is 2.54 bits per heavy atom. The zero-order chi connectivity index (χ0) is 9.84. The molecule has 0 aliphatic carbocycles. The standard InChI is InChI=1S/C8H14ClN3S/c1-4-12(5-6(2)3)8-7(9)10-13-11-8/h6H,4-5H2,1-3H3. The van der Waals surface area contributed by atoms with Gasteiger partial charge in [-0.25, -0.2) is 0 Å². The van der Waals surface area contributed by atoms with Gasteiger partial charge in [-0.15, -0.1) is 0 Å². The molecule has 0 atom stereocenters. The molecule has 0 bridgehead atoms. The summed E-state index contributed by atoms with van der Waals surface area (Å²) < 4.78 is 8.11. The Balaban J connectivity index is 2.72. The summed E-state index contributed by atoms with van der Waals surface area (Å²) in [6.07, 6.45) is 0. The molecule has 0 fully saturated rings. The van der Waals surface area contributed by atoms with Crippen molar-refractivity contribution in [2.24, 2.45) is 5.92 Å². The Hall–Kier alpha value is -0.350. The number of aromatic nitrogens is 2. The van der Waals surface area contributed by atoms with Crippen LogP contribution in [-0.2, 0) is 0 Å². The van der Waals surface area contributed by atoms with Crippen LogP contribution in [0.2, 0.25) is 5.15 Å². The van der Waals surface area contributed by atoms with Crippen LogP contribution in [0.25, 0.3) is 0 Å². The van der Waals surface area contributed by atoms with Gasteiger partial charge >= 0.3 is 0 Å². The first-order valence-corrected chi connectivity index (χ1v) is 5.49. The van der Waals surface area contributed by atoms with Crippen molar-refractivity contribution in [2.45, 2.75) is 20.8 Å². The van der Waals surface area contributed by atoms with Gasteiger partial charge in [-0.05, 0) is 12.8 Å². The maximum Gasteiger partial charge on any atom is 0.187 e. The molecule has 1 rings (SSSR count). The average molecular weight is 220 g/mol. The Morgan fingerprint density at radius 2 is 2.15 bits per heavy atom. The SMILES string of the molecule is CCN(CC(C)C)c1nsnc1Cl. The highest BCUT2D eigenvalue weighted by Gasteiger charge is 2.13. The molecule has 1 heterocycles. The maximum absolute atomic E-state index is 5.89. The summed E-state index contributed by atoms with van der Waals surface area (Å²) in [4.78, 5) is 2.15. The summed E-state index contributed by atoms with van der Waals surface area (Å²) in [5.41, 5.74) is 0. The second-order valence-electron chi connectivity index (χ2n) is 3.31. The Bertz CT molecular complexity index is 262. The zero-order valence-corrected chi connectivity index (χ0v) is 9.69. The van der Waals surface area contributed by atoms with Gasteiger partial charge in [0.15, 0.2) is 11.0 Å². The summed E-state index contributed by atoms with van der Waals surface area (Å²) in [5, 5.41) is 0.521. The molecule has 0 N–H and O–H groups in total. The van der Waals surface area contributed by atoms with Gasteiger partial charge in [0, 0.05) is 13.1 Å². The summed E-state index contributed by atoms with van der Waals surface area (Å²) >= 11 is 7.06. The lowest BCUT2D eigenvalue weighted by molar-refractivity contribution is 0.616. The Morgan fingerprint density at radius 1 is 1.46 bits per heavy atom. The van der Waals surface area contributed by atoms with Crippen molar-refractivity contribution in [3.8, 4) is 0 Å². The number of nitrogens with zero attached hydrogens (tertiary/aromatic N) is 3. The van der Waals surface area contributed by atoms with Crippen LogP contribution < -0.4 is 4.90 Å². The third-order valence-electron chi connectivity index (χ3n) is 1.70. The zero-order valence-electron chi connectivity index (χ0n) is 8.12. The summed E-state index contributed by atoms with van der Waals surface area (Å²) in [6.45, 7) is 8.34. The Kier molecular flexibility index (Phi) is 3.93. The van der Waals surface area contributed by atoms with Crippen molar-refractivity contribution in [1.82, 2.24) is 8.75 Å². The van der Waals surface area contributed by atoms with Crippen LogP contribution >= 0.6 is 23.3 Å². The van der Waals surface area contributed by atoms with Crippen LogP contribution in [0.3, 0.4) is 0 Å². The Labute approximate surface area is 88.0 Å². The largest absolute Gasteiger partial charge is 0.353 e. The lowest BCUT2D eigenvalue weighted by Crippen LogP contribution is -2.27. The molecular formula is C8H14ClN3S. The molecule has 1 aromatic rings. The first-order valence-electron chi connectivity index (χ1n) is 4.38. The highest BCUT2D eigenvalue weighted by Crippen LogP contribution is 2.23. The molecule has 0 saturated heterocycles. The average Bonchev–Trinajstić information content (AvgIpc) is 2.47. The first-order chi connectivity index (χ1) is 6.15. The number of rotatable bonds is 4. The number of hydrogen-bond donors (Lipinski definition) is 0. The van der Waals surface area contributed by atoms with Crippen molar-refractivity contribution in [3.05, 3.63) is 5.15 Å². The second-order valence-corrected chi connectivity index (χ2v) is 4.20. The van der Waals surface area contributed by atoms with Gasteiger partial charge in [-0.3, -0.25) is 0 Å². The van der Waals surface area contributed by atoms with Gasteiger partial charge in [0.2, 0.25) is 0 Å². The van der Waals surface area contributed by atoms with Gasteiger partial charge in [-0.2, -0.15) is 8.75 Å². The summed E-state index contributed by atoms with van der Waals surface area (Å²) in [7, 11) is 0. The fraction of sp³-hybridized carbons (Fsp3) is 0.750. The van der Waals surface area contributed by atoms with Crippen molar-refractivity contribution < 1.29 is 0 Å². The van der Waals surface area contributed by atoms with E-state index in [1.165, 1.54) is 0 Å². The van der Waals surface area contributed by atoms with E-state index in [1.54, 1.807) is 0 Å². The molecule has 0 aliphatic rings. The van der Waals surface area contributed by atoms with E-state index >= 15 is 0 Å². The van der Waals surface area contributed by atoms with Crippen LogP contribution in [-0.4, -0.2) is 21.8 Å².